The Morgan fingerprint density at radius 1 is 1.50 bits per heavy atom. The lowest BCUT2D eigenvalue weighted by molar-refractivity contribution is 0.0755. The Bertz CT molecular complexity index is 306. The number of nitrogens with one attached hydrogen (secondary N) is 1. The molecule has 76 valence electrons. The van der Waals surface area contributed by atoms with Crippen LogP contribution in [0, 0.1) is 5.82 Å². The minimum absolute atomic E-state index is 0.0423. The van der Waals surface area contributed by atoms with Gasteiger partial charge in [0.15, 0.2) is 0 Å². The van der Waals surface area contributed by atoms with Crippen LogP contribution in [-0.2, 0) is 4.74 Å². The lowest BCUT2D eigenvalue weighted by Crippen LogP contribution is -2.35. The fourth-order valence-corrected chi connectivity index (χ4v) is 2.21. The molecule has 1 unspecified atom stereocenters. The van der Waals surface area contributed by atoms with Gasteiger partial charge in [0.25, 0.3) is 0 Å². The number of halogens is 2. The van der Waals surface area contributed by atoms with Crippen LogP contribution in [0.1, 0.15) is 11.6 Å². The molecule has 1 aliphatic heterocycles. The molecule has 0 radical (unpaired) electrons. The number of hydrogen-bond acceptors (Lipinski definition) is 2. The summed E-state index contributed by atoms with van der Waals surface area (Å²) in [5, 5.41) is 3.22. The van der Waals surface area contributed by atoms with Gasteiger partial charge in [0.1, 0.15) is 5.82 Å². The van der Waals surface area contributed by atoms with Crippen molar-refractivity contribution in [3.05, 3.63) is 34.1 Å². The first kappa shape index (κ1) is 10.1. The summed E-state index contributed by atoms with van der Waals surface area (Å²) in [6.07, 6.45) is 0. The normalized spacial score (nSPS) is 22.3. The molecule has 1 heterocycles. The fraction of sp³-hybridized carbons (Fsp3) is 0.400. The van der Waals surface area contributed by atoms with Crippen LogP contribution in [0.2, 0.25) is 0 Å². The van der Waals surface area contributed by atoms with Crippen LogP contribution in [0.15, 0.2) is 22.7 Å². The predicted molar refractivity (Wildman–Crippen MR) is 55.7 cm³/mol. The zero-order valence-corrected chi connectivity index (χ0v) is 9.18. The molecule has 0 spiro atoms. The van der Waals surface area contributed by atoms with Gasteiger partial charge in [-0.3, -0.25) is 0 Å². The summed E-state index contributed by atoms with van der Waals surface area (Å²) in [5.74, 6) is -0.192. The number of hydrogen-bond donors (Lipinski definition) is 1. The van der Waals surface area contributed by atoms with Crippen LogP contribution in [0.25, 0.3) is 0 Å². The Labute approximate surface area is 90.6 Å². The van der Waals surface area contributed by atoms with Gasteiger partial charge in [-0.15, -0.1) is 0 Å². The van der Waals surface area contributed by atoms with E-state index in [1.165, 1.54) is 6.07 Å². The molecule has 1 saturated heterocycles. The standard InChI is InChI=1S/C10H11BrFNO/c11-7-2-1-3-8(12)10(7)9-6-14-5-4-13-9/h1-3,9,13H,4-6H2. The highest BCUT2D eigenvalue weighted by Crippen LogP contribution is 2.27. The molecule has 4 heteroatoms. The third kappa shape index (κ3) is 1.97. The minimum Gasteiger partial charge on any atom is -0.378 e. The largest absolute Gasteiger partial charge is 0.378 e. The van der Waals surface area contributed by atoms with Crippen LogP contribution in [0.3, 0.4) is 0 Å². The summed E-state index contributed by atoms with van der Waals surface area (Å²) in [4.78, 5) is 0. The highest BCUT2D eigenvalue weighted by Gasteiger charge is 2.20. The van der Waals surface area contributed by atoms with Gasteiger partial charge in [-0.25, -0.2) is 4.39 Å². The molecule has 14 heavy (non-hydrogen) atoms. The zero-order valence-electron chi connectivity index (χ0n) is 7.59. The van der Waals surface area contributed by atoms with Crippen molar-refractivity contribution in [2.45, 2.75) is 6.04 Å². The molecule has 1 aliphatic rings. The minimum atomic E-state index is -0.192. The third-order valence-electron chi connectivity index (χ3n) is 2.27. The molecule has 1 aromatic carbocycles. The average Bonchev–Trinajstić information content (AvgIpc) is 2.19. The van der Waals surface area contributed by atoms with Gasteiger partial charge < -0.3 is 10.1 Å². The predicted octanol–water partition coefficient (Wildman–Crippen LogP) is 2.25. The molecular weight excluding hydrogens is 249 g/mol. The van der Waals surface area contributed by atoms with E-state index in [4.69, 9.17) is 4.74 Å². The Morgan fingerprint density at radius 3 is 3.00 bits per heavy atom. The molecule has 0 aromatic heterocycles. The van der Waals surface area contributed by atoms with E-state index < -0.39 is 0 Å². The third-order valence-corrected chi connectivity index (χ3v) is 2.96. The second kappa shape index (κ2) is 4.38. The second-order valence-electron chi connectivity index (χ2n) is 3.22. The smallest absolute Gasteiger partial charge is 0.129 e. The summed E-state index contributed by atoms with van der Waals surface area (Å²) in [5.41, 5.74) is 0.659. The summed E-state index contributed by atoms with van der Waals surface area (Å²) in [6.45, 7) is 1.99. The second-order valence-corrected chi connectivity index (χ2v) is 4.07. The first-order chi connectivity index (χ1) is 6.79. The lowest BCUT2D eigenvalue weighted by Gasteiger charge is -2.25. The van der Waals surface area contributed by atoms with E-state index in [0.717, 1.165) is 11.0 Å². The number of ether oxygens (including phenoxy) is 1. The first-order valence-corrected chi connectivity index (χ1v) is 5.33. The molecule has 0 aliphatic carbocycles. The van der Waals surface area contributed by atoms with Crippen LogP contribution in [-0.4, -0.2) is 19.8 Å². The van der Waals surface area contributed by atoms with Crippen molar-refractivity contribution in [2.24, 2.45) is 0 Å². The van der Waals surface area contributed by atoms with E-state index in [0.29, 0.717) is 18.8 Å². The van der Waals surface area contributed by atoms with Crippen molar-refractivity contribution in [3.8, 4) is 0 Å². The Kier molecular flexibility index (Phi) is 3.15. The molecule has 1 aromatic rings. The molecule has 0 bridgehead atoms. The fourth-order valence-electron chi connectivity index (χ4n) is 1.59. The molecule has 2 nitrogen and oxygen atoms in total. The van der Waals surface area contributed by atoms with Gasteiger partial charge in [-0.05, 0) is 12.1 Å². The molecule has 2 rings (SSSR count). The van der Waals surface area contributed by atoms with Gasteiger partial charge in [0.2, 0.25) is 0 Å². The maximum atomic E-state index is 13.5. The van der Waals surface area contributed by atoms with Crippen molar-refractivity contribution in [2.75, 3.05) is 19.8 Å². The van der Waals surface area contributed by atoms with E-state index in [9.17, 15) is 4.39 Å². The van der Waals surface area contributed by atoms with E-state index >= 15 is 0 Å². The van der Waals surface area contributed by atoms with Gasteiger partial charge in [0.05, 0.1) is 19.3 Å². The zero-order chi connectivity index (χ0) is 9.97. The van der Waals surface area contributed by atoms with Gasteiger partial charge >= 0.3 is 0 Å². The van der Waals surface area contributed by atoms with E-state index in [-0.39, 0.29) is 11.9 Å². The molecule has 1 fully saturated rings. The average molecular weight is 260 g/mol. The molecule has 1 atom stereocenters. The highest BCUT2D eigenvalue weighted by molar-refractivity contribution is 9.10. The quantitative estimate of drug-likeness (QED) is 0.836. The van der Waals surface area contributed by atoms with E-state index in [1.54, 1.807) is 6.07 Å². The Balaban J connectivity index is 2.29. The van der Waals surface area contributed by atoms with Crippen molar-refractivity contribution >= 4 is 15.9 Å². The van der Waals surface area contributed by atoms with Crippen molar-refractivity contribution in [1.29, 1.82) is 0 Å². The first-order valence-electron chi connectivity index (χ1n) is 4.54. The number of rotatable bonds is 1. The summed E-state index contributed by atoms with van der Waals surface area (Å²) < 4.78 is 19.6. The van der Waals surface area contributed by atoms with Gasteiger partial charge in [0, 0.05) is 16.6 Å². The van der Waals surface area contributed by atoms with Crippen LogP contribution >= 0.6 is 15.9 Å². The maximum absolute atomic E-state index is 13.5. The Morgan fingerprint density at radius 2 is 2.36 bits per heavy atom. The van der Waals surface area contributed by atoms with E-state index in [1.807, 2.05) is 6.07 Å². The van der Waals surface area contributed by atoms with Crippen LogP contribution in [0.4, 0.5) is 4.39 Å². The summed E-state index contributed by atoms with van der Waals surface area (Å²) in [7, 11) is 0. The van der Waals surface area contributed by atoms with Gasteiger partial charge in [-0.2, -0.15) is 0 Å². The van der Waals surface area contributed by atoms with Gasteiger partial charge in [-0.1, -0.05) is 22.0 Å². The van der Waals surface area contributed by atoms with Crippen molar-refractivity contribution in [1.82, 2.24) is 5.32 Å². The van der Waals surface area contributed by atoms with Crippen molar-refractivity contribution in [3.63, 3.8) is 0 Å². The number of benzene rings is 1. The van der Waals surface area contributed by atoms with E-state index in [2.05, 4.69) is 21.2 Å². The SMILES string of the molecule is Fc1cccc(Br)c1C1COCCN1. The molecule has 1 N–H and O–H groups in total. The Hall–Kier alpha value is -0.450. The molecule has 0 amide bonds. The highest BCUT2D eigenvalue weighted by atomic mass is 79.9. The summed E-state index contributed by atoms with van der Waals surface area (Å²) in [6, 6.07) is 4.96. The summed E-state index contributed by atoms with van der Waals surface area (Å²) >= 11 is 3.35. The molecular formula is C10H11BrFNO. The number of morpholine rings is 1. The van der Waals surface area contributed by atoms with Crippen molar-refractivity contribution < 1.29 is 9.13 Å². The topological polar surface area (TPSA) is 21.3 Å². The molecule has 0 saturated carbocycles. The maximum Gasteiger partial charge on any atom is 0.129 e. The van der Waals surface area contributed by atoms with Crippen LogP contribution < -0.4 is 5.32 Å². The van der Waals surface area contributed by atoms with Crippen LogP contribution in [0.5, 0.6) is 0 Å². The lowest BCUT2D eigenvalue weighted by atomic mass is 10.1. The monoisotopic (exact) mass is 259 g/mol.